The van der Waals surface area contributed by atoms with Crippen molar-refractivity contribution in [2.24, 2.45) is 36.6 Å². The number of rotatable bonds is 19. The van der Waals surface area contributed by atoms with Crippen LogP contribution in [0.5, 0.6) is 0 Å². The molecule has 4 fully saturated rings. The van der Waals surface area contributed by atoms with Crippen molar-refractivity contribution in [2.45, 2.75) is 165 Å². The Balaban J connectivity index is 1.86. The summed E-state index contributed by atoms with van der Waals surface area (Å²) in [5.41, 5.74) is 56.4. The van der Waals surface area contributed by atoms with Gasteiger partial charge in [0.05, 0.1) is 43.5 Å². The first-order chi connectivity index (χ1) is 31.6. The minimum Gasteiger partial charge on any atom is -0.459 e. The molecule has 3 saturated heterocycles. The number of alkyl halides is 1. The first-order valence-corrected chi connectivity index (χ1v) is 20.0. The van der Waals surface area contributed by atoms with Gasteiger partial charge in [0.1, 0.15) is 42.7 Å². The molecule has 3 aliphatic heterocycles. The maximum atomic E-state index is 16.0. The van der Waals surface area contributed by atoms with Gasteiger partial charge < -0.3 is 47.4 Å². The van der Waals surface area contributed by atoms with Gasteiger partial charge in [-0.3, -0.25) is 19.2 Å². The molecule has 358 valence electrons. The molecule has 1 aliphatic carbocycles. The second-order valence-corrected chi connectivity index (χ2v) is 14.9. The fourth-order valence-electron chi connectivity index (χ4n) is 8.00. The van der Waals surface area contributed by atoms with Crippen LogP contribution in [0.1, 0.15) is 54.4 Å². The Morgan fingerprint density at radius 1 is 0.530 bits per heavy atom. The summed E-state index contributed by atoms with van der Waals surface area (Å²) in [6.45, 7) is 6.17. The number of ether oxygens (including phenoxy) is 10. The summed E-state index contributed by atoms with van der Waals surface area (Å²) in [6.07, 6.45) is -22.8. The number of carbonyl (C=O) groups excluding carboxylic acids is 4. The number of hydrogen-bond acceptors (Lipinski definition) is 20. The average molecular weight is 937 g/mol. The molecule has 19 unspecified atom stereocenters. The van der Waals surface area contributed by atoms with Crippen LogP contribution < -0.4 is 0 Å². The van der Waals surface area contributed by atoms with E-state index in [0.29, 0.717) is 0 Å². The quantitative estimate of drug-likeness (QED) is 0.0530. The summed E-state index contributed by atoms with van der Waals surface area (Å²) in [5.74, 6) is -4.70. The van der Waals surface area contributed by atoms with Crippen LogP contribution in [0.2, 0.25) is 0 Å². The second kappa shape index (κ2) is 24.6. The van der Waals surface area contributed by atoms with Crippen LogP contribution >= 0.6 is 0 Å². The van der Waals surface area contributed by atoms with E-state index < -0.39 is 153 Å². The van der Waals surface area contributed by atoms with Crippen molar-refractivity contribution in [1.82, 2.24) is 0 Å². The average Bonchev–Trinajstić information content (AvgIpc) is 3.57. The third-order valence-corrected chi connectivity index (χ3v) is 10.7. The van der Waals surface area contributed by atoms with E-state index in [1.165, 1.54) is 6.92 Å². The molecule has 4 aliphatic rings. The van der Waals surface area contributed by atoms with Gasteiger partial charge in [0, 0.05) is 63.1 Å². The molecule has 0 amide bonds. The Kier molecular flexibility index (Phi) is 19.4. The maximum absolute atomic E-state index is 16.0. The fourth-order valence-corrected chi connectivity index (χ4v) is 8.00. The Morgan fingerprint density at radius 2 is 0.970 bits per heavy atom. The molecule has 32 nitrogen and oxygen atoms in total. The van der Waals surface area contributed by atoms with Crippen molar-refractivity contribution >= 4 is 23.9 Å². The fraction of sp³-hybridized carbons (Fsp3) is 0.879. The van der Waals surface area contributed by atoms with E-state index in [-0.39, 0.29) is 12.8 Å². The lowest BCUT2D eigenvalue weighted by molar-refractivity contribution is -0.299. The Morgan fingerprint density at radius 3 is 1.52 bits per heavy atom. The second-order valence-electron chi connectivity index (χ2n) is 14.9. The van der Waals surface area contributed by atoms with Gasteiger partial charge in [0.2, 0.25) is 0 Å². The first-order valence-electron chi connectivity index (χ1n) is 20.0. The molecule has 4 rings (SSSR count). The summed E-state index contributed by atoms with van der Waals surface area (Å²) in [5, 5.41) is 21.8. The van der Waals surface area contributed by atoms with Gasteiger partial charge in [0.15, 0.2) is 37.2 Å². The van der Waals surface area contributed by atoms with E-state index in [2.05, 4.69) is 60.2 Å². The smallest absolute Gasteiger partial charge is 0.303 e. The van der Waals surface area contributed by atoms with Gasteiger partial charge >= 0.3 is 23.9 Å². The summed E-state index contributed by atoms with van der Waals surface area (Å²) >= 11 is 0. The maximum Gasteiger partial charge on any atom is 0.303 e. The van der Waals surface area contributed by atoms with Gasteiger partial charge in [-0.15, -0.1) is 0 Å². The highest BCUT2D eigenvalue weighted by atomic mass is 19.1. The highest BCUT2D eigenvalue weighted by Gasteiger charge is 2.58. The number of carbonyl (C=O) groups is 4. The van der Waals surface area contributed by atoms with E-state index >= 15 is 4.39 Å². The molecular weight excluding hydrogens is 891 g/mol. The molecule has 33 heteroatoms. The van der Waals surface area contributed by atoms with E-state index in [1.807, 2.05) is 0 Å². The molecule has 66 heavy (non-hydrogen) atoms. The minimum absolute atomic E-state index is 0.0415. The van der Waals surface area contributed by atoms with Gasteiger partial charge in [0.25, 0.3) is 0 Å². The number of esters is 4. The summed E-state index contributed by atoms with van der Waals surface area (Å²) in [6, 6.07) is -6.17. The predicted octanol–water partition coefficient (Wildman–Crippen LogP) is 5.17. The van der Waals surface area contributed by atoms with Crippen LogP contribution in [0.15, 0.2) is 30.7 Å². The summed E-state index contributed by atoms with van der Waals surface area (Å²) in [4.78, 5) is 66.7. The highest BCUT2D eigenvalue weighted by molar-refractivity contribution is 5.68. The van der Waals surface area contributed by atoms with Crippen molar-refractivity contribution in [1.29, 1.82) is 0 Å². The van der Waals surface area contributed by atoms with Crippen molar-refractivity contribution < 1.29 is 70.9 Å². The largest absolute Gasteiger partial charge is 0.459 e. The van der Waals surface area contributed by atoms with E-state index in [0.717, 1.165) is 27.7 Å². The third-order valence-electron chi connectivity index (χ3n) is 10.7. The number of halogens is 1. The van der Waals surface area contributed by atoms with Crippen molar-refractivity contribution in [3.63, 3.8) is 0 Å². The number of azide groups is 6. The van der Waals surface area contributed by atoms with Crippen LogP contribution in [0, 0.1) is 5.92 Å². The minimum atomic E-state index is -1.97. The SMILES string of the molecule is CCC1OC(OC2C(OC(C)=O)C(N=[N+]=[N-])CC(N=[N+]=[N-])C2OC2OC(CN=[N+]=[N-])C(C)C(F)C2N=[N+]=[N-])C(OC(C)=O)C1OC1OC(CN=[N+]=[N-])C(OC(C)=O)C(OC(C)=O)C1N=[N+]=[N-]. The zero-order chi connectivity index (χ0) is 48.7. The third kappa shape index (κ3) is 12.8. The molecule has 19 atom stereocenters. The zero-order valence-electron chi connectivity index (χ0n) is 35.9. The predicted molar refractivity (Wildman–Crippen MR) is 212 cm³/mol. The van der Waals surface area contributed by atoms with Crippen molar-refractivity contribution in [3.05, 3.63) is 62.7 Å². The number of hydrogen-bond donors (Lipinski definition) is 0. The van der Waals surface area contributed by atoms with Gasteiger partial charge in [-0.25, -0.2) is 4.39 Å². The van der Waals surface area contributed by atoms with Gasteiger partial charge in [-0.1, -0.05) is 44.5 Å². The normalized spacial score (nSPS) is 36.9. The molecule has 0 aromatic carbocycles. The molecule has 0 aromatic heterocycles. The van der Waals surface area contributed by atoms with Gasteiger partial charge in [-0.05, 0) is 46.0 Å². The molecule has 0 aromatic rings. The van der Waals surface area contributed by atoms with Crippen LogP contribution in [-0.2, 0) is 66.5 Å². The lowest BCUT2D eigenvalue weighted by Gasteiger charge is -2.47. The van der Waals surface area contributed by atoms with Crippen LogP contribution in [-0.4, -0.2) is 147 Å². The molecule has 0 radical (unpaired) electrons. The Labute approximate surface area is 371 Å². The topological polar surface area (TPSA) is 453 Å². The standard InChI is InChI=1S/C33H45FN18O14/c1-7-18-26(65-32-23(46-52-40)28(59-14(5)55)27(58-13(4)54)20(63-32)10-42-48-36)30(60-15(6)56)33(61-18)66-29-24(57-12(3)53)16(43-49-37)8-17(44-50-38)25(29)64-31-22(45-51-39)21(34)11(2)19(62-31)9-41-47-35/h11,16-33H,7-10H2,1-6H3. The van der Waals surface area contributed by atoms with Crippen LogP contribution in [0.4, 0.5) is 4.39 Å². The van der Waals surface area contributed by atoms with Crippen LogP contribution in [0.25, 0.3) is 62.7 Å². The lowest BCUT2D eigenvalue weighted by Crippen LogP contribution is -2.63. The summed E-state index contributed by atoms with van der Waals surface area (Å²) < 4.78 is 75.6. The monoisotopic (exact) mass is 936 g/mol. The van der Waals surface area contributed by atoms with E-state index in [4.69, 9.17) is 58.4 Å². The zero-order valence-corrected chi connectivity index (χ0v) is 35.9. The molecule has 3 heterocycles. The van der Waals surface area contributed by atoms with Crippen LogP contribution in [0.3, 0.4) is 0 Å². The van der Waals surface area contributed by atoms with Gasteiger partial charge in [-0.2, -0.15) is 0 Å². The molecule has 0 N–H and O–H groups in total. The molecule has 1 saturated carbocycles. The van der Waals surface area contributed by atoms with E-state index in [9.17, 15) is 41.3 Å². The highest BCUT2D eigenvalue weighted by Crippen LogP contribution is 2.41. The first kappa shape index (κ1) is 52.1. The molecule has 0 bridgehead atoms. The Bertz CT molecular complexity index is 2070. The summed E-state index contributed by atoms with van der Waals surface area (Å²) in [7, 11) is 0. The molecule has 0 spiro atoms. The lowest BCUT2D eigenvalue weighted by atomic mass is 9.83. The van der Waals surface area contributed by atoms with Crippen molar-refractivity contribution in [2.75, 3.05) is 13.1 Å². The Hall–Kier alpha value is -6.57. The van der Waals surface area contributed by atoms with E-state index in [1.54, 1.807) is 6.92 Å². The van der Waals surface area contributed by atoms with Crippen molar-refractivity contribution in [3.8, 4) is 0 Å². The molecular formula is C33H45FN18O14. The number of nitrogens with zero attached hydrogens (tertiary/aromatic N) is 18.